The van der Waals surface area contributed by atoms with Crippen LogP contribution in [0.15, 0.2) is 24.3 Å². The standard InChI is InChI=1S/C12H18N2/c1-14(2)9-10-7-11-5-3-4-6-12(11)13-8-10/h3-6,10,13H,7-9H2,1-2H3. The number of fused-ring (bicyclic) bond motifs is 1. The summed E-state index contributed by atoms with van der Waals surface area (Å²) in [6, 6.07) is 8.61. The summed E-state index contributed by atoms with van der Waals surface area (Å²) in [5, 5.41) is 3.49. The maximum absolute atomic E-state index is 3.49. The van der Waals surface area contributed by atoms with Crippen molar-refractivity contribution >= 4 is 5.69 Å². The second-order valence-corrected chi connectivity index (χ2v) is 4.37. The Bertz CT molecular complexity index is 307. The van der Waals surface area contributed by atoms with Gasteiger partial charge in [-0.15, -0.1) is 0 Å². The van der Waals surface area contributed by atoms with E-state index in [1.54, 1.807) is 0 Å². The van der Waals surface area contributed by atoms with E-state index in [1.165, 1.54) is 24.2 Å². The Kier molecular flexibility index (Phi) is 2.73. The predicted molar refractivity (Wildman–Crippen MR) is 60.7 cm³/mol. The van der Waals surface area contributed by atoms with Gasteiger partial charge in [-0.05, 0) is 38.1 Å². The molecule has 2 rings (SSSR count). The Hall–Kier alpha value is -1.02. The van der Waals surface area contributed by atoms with Gasteiger partial charge in [-0.25, -0.2) is 0 Å². The van der Waals surface area contributed by atoms with Gasteiger partial charge in [0.05, 0.1) is 0 Å². The number of para-hydroxylation sites is 1. The minimum atomic E-state index is 0.750. The van der Waals surface area contributed by atoms with Crippen LogP contribution in [0.4, 0.5) is 5.69 Å². The molecular formula is C12H18N2. The van der Waals surface area contributed by atoms with Gasteiger partial charge in [-0.1, -0.05) is 18.2 Å². The van der Waals surface area contributed by atoms with Crippen molar-refractivity contribution in [1.82, 2.24) is 4.90 Å². The second-order valence-electron chi connectivity index (χ2n) is 4.37. The molecule has 1 atom stereocenters. The number of rotatable bonds is 2. The van der Waals surface area contributed by atoms with E-state index in [9.17, 15) is 0 Å². The third-order valence-corrected chi connectivity index (χ3v) is 2.73. The minimum Gasteiger partial charge on any atom is -0.384 e. The quantitative estimate of drug-likeness (QED) is 0.765. The van der Waals surface area contributed by atoms with Crippen molar-refractivity contribution in [2.45, 2.75) is 6.42 Å². The van der Waals surface area contributed by atoms with Crippen molar-refractivity contribution in [3.8, 4) is 0 Å². The number of nitrogens with zero attached hydrogens (tertiary/aromatic N) is 1. The first-order chi connectivity index (χ1) is 6.75. The number of nitrogens with one attached hydrogen (secondary N) is 1. The molecule has 0 aromatic heterocycles. The lowest BCUT2D eigenvalue weighted by Gasteiger charge is -2.28. The van der Waals surface area contributed by atoms with Crippen molar-refractivity contribution in [2.75, 3.05) is 32.5 Å². The van der Waals surface area contributed by atoms with Crippen LogP contribution in [0.2, 0.25) is 0 Å². The van der Waals surface area contributed by atoms with Crippen LogP contribution in [0.5, 0.6) is 0 Å². The molecule has 1 unspecified atom stereocenters. The third kappa shape index (κ3) is 2.07. The maximum atomic E-state index is 3.49. The molecule has 0 fully saturated rings. The minimum absolute atomic E-state index is 0.750. The molecule has 1 aromatic rings. The van der Waals surface area contributed by atoms with Crippen LogP contribution in [0.1, 0.15) is 5.56 Å². The number of anilines is 1. The van der Waals surface area contributed by atoms with Gasteiger partial charge in [0.1, 0.15) is 0 Å². The molecule has 0 aliphatic carbocycles. The number of benzene rings is 1. The summed E-state index contributed by atoms with van der Waals surface area (Å²) in [6.07, 6.45) is 1.21. The average molecular weight is 190 g/mol. The second kappa shape index (κ2) is 4.01. The lowest BCUT2D eigenvalue weighted by atomic mass is 9.94. The highest BCUT2D eigenvalue weighted by Crippen LogP contribution is 2.24. The van der Waals surface area contributed by atoms with Crippen molar-refractivity contribution in [3.63, 3.8) is 0 Å². The Balaban J connectivity index is 2.06. The van der Waals surface area contributed by atoms with Crippen molar-refractivity contribution in [3.05, 3.63) is 29.8 Å². The Morgan fingerprint density at radius 3 is 2.93 bits per heavy atom. The van der Waals surface area contributed by atoms with Crippen molar-refractivity contribution in [2.24, 2.45) is 5.92 Å². The molecule has 2 nitrogen and oxygen atoms in total. The fourth-order valence-corrected chi connectivity index (χ4v) is 2.15. The van der Waals surface area contributed by atoms with E-state index in [2.05, 4.69) is 48.6 Å². The molecule has 0 spiro atoms. The van der Waals surface area contributed by atoms with Gasteiger partial charge >= 0.3 is 0 Å². The molecule has 1 aliphatic rings. The monoisotopic (exact) mass is 190 g/mol. The van der Waals surface area contributed by atoms with E-state index in [-0.39, 0.29) is 0 Å². The highest BCUT2D eigenvalue weighted by molar-refractivity contribution is 5.53. The lowest BCUT2D eigenvalue weighted by molar-refractivity contribution is 0.328. The van der Waals surface area contributed by atoms with Gasteiger partial charge in [-0.2, -0.15) is 0 Å². The summed E-state index contributed by atoms with van der Waals surface area (Å²) in [5.74, 6) is 0.750. The topological polar surface area (TPSA) is 15.3 Å². The Morgan fingerprint density at radius 1 is 1.36 bits per heavy atom. The molecule has 0 saturated carbocycles. The SMILES string of the molecule is CN(C)CC1CNc2ccccc2C1. The average Bonchev–Trinajstić information content (AvgIpc) is 2.17. The molecule has 76 valence electrons. The maximum Gasteiger partial charge on any atom is 0.0372 e. The largest absolute Gasteiger partial charge is 0.384 e. The molecule has 1 N–H and O–H groups in total. The van der Waals surface area contributed by atoms with Gasteiger partial charge in [0, 0.05) is 18.8 Å². The van der Waals surface area contributed by atoms with Crippen LogP contribution in [-0.2, 0) is 6.42 Å². The first-order valence-corrected chi connectivity index (χ1v) is 5.22. The van der Waals surface area contributed by atoms with Crippen molar-refractivity contribution in [1.29, 1.82) is 0 Å². The Morgan fingerprint density at radius 2 is 2.14 bits per heavy atom. The molecule has 1 heterocycles. The van der Waals surface area contributed by atoms with E-state index in [0.29, 0.717) is 0 Å². The zero-order valence-corrected chi connectivity index (χ0v) is 8.96. The van der Waals surface area contributed by atoms with E-state index >= 15 is 0 Å². The van der Waals surface area contributed by atoms with E-state index < -0.39 is 0 Å². The van der Waals surface area contributed by atoms with Gasteiger partial charge in [0.25, 0.3) is 0 Å². The molecule has 0 radical (unpaired) electrons. The molecule has 1 aliphatic heterocycles. The van der Waals surface area contributed by atoms with Crippen LogP contribution >= 0.6 is 0 Å². The van der Waals surface area contributed by atoms with E-state index in [4.69, 9.17) is 0 Å². The summed E-state index contributed by atoms with van der Waals surface area (Å²) in [7, 11) is 4.28. The summed E-state index contributed by atoms with van der Waals surface area (Å²) >= 11 is 0. The van der Waals surface area contributed by atoms with Gasteiger partial charge < -0.3 is 10.2 Å². The third-order valence-electron chi connectivity index (χ3n) is 2.73. The van der Waals surface area contributed by atoms with E-state index in [0.717, 1.165) is 12.5 Å². The zero-order valence-electron chi connectivity index (χ0n) is 8.96. The number of hydrogen-bond donors (Lipinski definition) is 1. The van der Waals surface area contributed by atoms with Crippen LogP contribution in [0.25, 0.3) is 0 Å². The summed E-state index contributed by atoms with van der Waals surface area (Å²) in [4.78, 5) is 2.26. The van der Waals surface area contributed by atoms with Gasteiger partial charge in [0.15, 0.2) is 0 Å². The smallest absolute Gasteiger partial charge is 0.0372 e. The molecule has 2 heteroatoms. The predicted octanol–water partition coefficient (Wildman–Crippen LogP) is 1.83. The highest BCUT2D eigenvalue weighted by atomic mass is 15.1. The molecule has 0 saturated heterocycles. The number of hydrogen-bond acceptors (Lipinski definition) is 2. The highest BCUT2D eigenvalue weighted by Gasteiger charge is 2.17. The van der Waals surface area contributed by atoms with Crippen LogP contribution in [0, 0.1) is 5.92 Å². The fourth-order valence-electron chi connectivity index (χ4n) is 2.15. The van der Waals surface area contributed by atoms with E-state index in [1.807, 2.05) is 0 Å². The van der Waals surface area contributed by atoms with Crippen LogP contribution in [-0.4, -0.2) is 32.1 Å². The summed E-state index contributed by atoms with van der Waals surface area (Å²) in [6.45, 7) is 2.27. The molecule has 0 bridgehead atoms. The molecule has 1 aromatic carbocycles. The van der Waals surface area contributed by atoms with Crippen LogP contribution < -0.4 is 5.32 Å². The van der Waals surface area contributed by atoms with Crippen LogP contribution in [0.3, 0.4) is 0 Å². The van der Waals surface area contributed by atoms with Gasteiger partial charge in [0.2, 0.25) is 0 Å². The molecular weight excluding hydrogens is 172 g/mol. The first-order valence-electron chi connectivity index (χ1n) is 5.22. The fraction of sp³-hybridized carbons (Fsp3) is 0.500. The molecule has 0 amide bonds. The zero-order chi connectivity index (χ0) is 9.97. The summed E-state index contributed by atoms with van der Waals surface area (Å²) < 4.78 is 0. The normalized spacial score (nSPS) is 20.4. The summed E-state index contributed by atoms with van der Waals surface area (Å²) in [5.41, 5.74) is 2.79. The van der Waals surface area contributed by atoms with Crippen molar-refractivity contribution < 1.29 is 0 Å². The molecule has 14 heavy (non-hydrogen) atoms. The van der Waals surface area contributed by atoms with Gasteiger partial charge in [-0.3, -0.25) is 0 Å². The lowest BCUT2D eigenvalue weighted by Crippen LogP contribution is -2.31. The Labute approximate surface area is 85.9 Å². The first kappa shape index (κ1) is 9.53.